The Kier molecular flexibility index (Phi) is 8.11. The molecule has 12 nitrogen and oxygen atoms in total. The fourth-order valence-corrected chi connectivity index (χ4v) is 5.24. The van der Waals surface area contributed by atoms with Gasteiger partial charge in [0.2, 0.25) is 11.9 Å². The molecule has 2 aliphatic rings. The van der Waals surface area contributed by atoms with Crippen molar-refractivity contribution in [1.82, 2.24) is 14.9 Å². The number of hydrogen-bond acceptors (Lipinski definition) is 9. The number of fused-ring (bicyclic) bond motifs is 1. The summed E-state index contributed by atoms with van der Waals surface area (Å²) in [5.41, 5.74) is 9.79. The van der Waals surface area contributed by atoms with Gasteiger partial charge in [0, 0.05) is 73.6 Å². The van der Waals surface area contributed by atoms with Gasteiger partial charge in [0.15, 0.2) is 0 Å². The van der Waals surface area contributed by atoms with Gasteiger partial charge in [-0.25, -0.2) is 9.78 Å². The standard InChI is InChI=1S/C29H36N8O4/c1-5-36-27-20(18-37(29(36)39)24-14-23(40-3)15-25(41-4)19(24)2)17-31-28(33-27)32-21-6-8-22(9-7-21)34-10-12-35(13-11-34)26(38)16-30/h6-9,14-15,17H,5,10-13,16,18,30H2,1-4H3,(H,31,32,33). The number of urea groups is 1. The second kappa shape index (κ2) is 11.9. The molecule has 5 rings (SSSR count). The van der Waals surface area contributed by atoms with E-state index >= 15 is 0 Å². The summed E-state index contributed by atoms with van der Waals surface area (Å²) in [5.74, 6) is 2.23. The predicted octanol–water partition coefficient (Wildman–Crippen LogP) is 3.12. The van der Waals surface area contributed by atoms with Crippen molar-refractivity contribution < 1.29 is 19.1 Å². The number of anilines is 5. The number of amides is 3. The van der Waals surface area contributed by atoms with Crippen LogP contribution < -0.4 is 35.2 Å². The van der Waals surface area contributed by atoms with Crippen molar-refractivity contribution in [3.63, 3.8) is 0 Å². The molecule has 0 atom stereocenters. The van der Waals surface area contributed by atoms with Crippen molar-refractivity contribution in [3.05, 3.63) is 53.7 Å². The number of ether oxygens (including phenoxy) is 2. The van der Waals surface area contributed by atoms with E-state index in [4.69, 9.17) is 20.2 Å². The van der Waals surface area contributed by atoms with Gasteiger partial charge in [-0.1, -0.05) is 0 Å². The molecule has 3 aromatic rings. The molecule has 216 valence electrons. The summed E-state index contributed by atoms with van der Waals surface area (Å²) >= 11 is 0. The van der Waals surface area contributed by atoms with Gasteiger partial charge >= 0.3 is 6.03 Å². The van der Waals surface area contributed by atoms with Crippen LogP contribution >= 0.6 is 0 Å². The average molecular weight is 561 g/mol. The lowest BCUT2D eigenvalue weighted by molar-refractivity contribution is -0.129. The van der Waals surface area contributed by atoms with Crippen LogP contribution in [-0.2, 0) is 11.3 Å². The molecule has 2 aliphatic heterocycles. The minimum Gasteiger partial charge on any atom is -0.497 e. The third-order valence-electron chi connectivity index (χ3n) is 7.55. The number of hydrogen-bond donors (Lipinski definition) is 2. The van der Waals surface area contributed by atoms with Crippen LogP contribution in [0.2, 0.25) is 0 Å². The number of nitrogens with one attached hydrogen (secondary N) is 1. The van der Waals surface area contributed by atoms with Crippen molar-refractivity contribution >= 4 is 40.8 Å². The Morgan fingerprint density at radius 2 is 1.80 bits per heavy atom. The zero-order valence-corrected chi connectivity index (χ0v) is 23.9. The van der Waals surface area contributed by atoms with Crippen LogP contribution in [0.3, 0.4) is 0 Å². The molecule has 1 saturated heterocycles. The van der Waals surface area contributed by atoms with Crippen LogP contribution in [0.15, 0.2) is 42.6 Å². The van der Waals surface area contributed by atoms with Gasteiger partial charge < -0.3 is 30.3 Å². The lowest BCUT2D eigenvalue weighted by Gasteiger charge is -2.36. The van der Waals surface area contributed by atoms with Gasteiger partial charge in [-0.2, -0.15) is 4.98 Å². The van der Waals surface area contributed by atoms with Gasteiger partial charge in [0.05, 0.1) is 33.0 Å². The highest BCUT2D eigenvalue weighted by Crippen LogP contribution is 2.38. The third kappa shape index (κ3) is 5.55. The van der Waals surface area contributed by atoms with E-state index in [0.29, 0.717) is 55.1 Å². The second-order valence-electron chi connectivity index (χ2n) is 9.87. The molecular formula is C29H36N8O4. The van der Waals surface area contributed by atoms with Crippen LogP contribution in [0.5, 0.6) is 11.5 Å². The summed E-state index contributed by atoms with van der Waals surface area (Å²) in [6, 6.07) is 11.5. The maximum Gasteiger partial charge on any atom is 0.330 e. The first-order valence-corrected chi connectivity index (χ1v) is 13.6. The molecule has 41 heavy (non-hydrogen) atoms. The molecule has 3 N–H and O–H groups in total. The molecule has 0 bridgehead atoms. The fourth-order valence-electron chi connectivity index (χ4n) is 5.24. The number of methoxy groups -OCH3 is 2. The largest absolute Gasteiger partial charge is 0.497 e. The summed E-state index contributed by atoms with van der Waals surface area (Å²) in [5, 5.41) is 3.26. The first-order chi connectivity index (χ1) is 19.9. The Morgan fingerprint density at radius 1 is 1.07 bits per heavy atom. The van der Waals surface area contributed by atoms with Crippen molar-refractivity contribution in [2.75, 3.05) is 73.5 Å². The van der Waals surface area contributed by atoms with Crippen molar-refractivity contribution in [1.29, 1.82) is 0 Å². The summed E-state index contributed by atoms with van der Waals surface area (Å²) < 4.78 is 11.0. The third-order valence-corrected chi connectivity index (χ3v) is 7.55. The lowest BCUT2D eigenvalue weighted by Crippen LogP contribution is -2.50. The number of rotatable bonds is 8. The van der Waals surface area contributed by atoms with Crippen LogP contribution in [0, 0.1) is 6.92 Å². The second-order valence-corrected chi connectivity index (χ2v) is 9.87. The normalized spacial score (nSPS) is 15.1. The molecule has 0 unspecified atom stereocenters. The number of aromatic nitrogens is 2. The van der Waals surface area contributed by atoms with E-state index in [1.54, 1.807) is 41.2 Å². The van der Waals surface area contributed by atoms with E-state index in [1.165, 1.54) is 0 Å². The zero-order valence-electron chi connectivity index (χ0n) is 23.9. The van der Waals surface area contributed by atoms with E-state index < -0.39 is 0 Å². The molecule has 1 aromatic heterocycles. The molecule has 0 aliphatic carbocycles. The molecular weight excluding hydrogens is 524 g/mol. The SMILES string of the molecule is CCN1C(=O)N(c2cc(OC)cc(OC)c2C)Cc2cnc(Nc3ccc(N4CCN(C(=O)CN)CC4)cc3)nc21. The number of nitrogens with two attached hydrogens (primary N) is 1. The summed E-state index contributed by atoms with van der Waals surface area (Å²) in [6.07, 6.45) is 1.76. The van der Waals surface area contributed by atoms with E-state index in [0.717, 1.165) is 35.6 Å². The lowest BCUT2D eigenvalue weighted by atomic mass is 10.1. The molecule has 0 saturated carbocycles. The van der Waals surface area contributed by atoms with Crippen LogP contribution in [0.25, 0.3) is 0 Å². The van der Waals surface area contributed by atoms with Crippen molar-refractivity contribution in [2.24, 2.45) is 5.73 Å². The average Bonchev–Trinajstić information content (AvgIpc) is 3.01. The van der Waals surface area contributed by atoms with E-state index in [-0.39, 0.29) is 18.5 Å². The molecule has 12 heteroatoms. The van der Waals surface area contributed by atoms with Gasteiger partial charge in [-0.3, -0.25) is 14.6 Å². The van der Waals surface area contributed by atoms with Gasteiger partial charge in [-0.15, -0.1) is 0 Å². The summed E-state index contributed by atoms with van der Waals surface area (Å²) in [7, 11) is 3.19. The highest BCUT2D eigenvalue weighted by molar-refractivity contribution is 6.06. The Labute approximate surface area is 239 Å². The fraction of sp³-hybridized carbons (Fsp3) is 0.379. The zero-order chi connectivity index (χ0) is 29.1. The van der Waals surface area contributed by atoms with E-state index in [9.17, 15) is 9.59 Å². The van der Waals surface area contributed by atoms with Crippen LogP contribution in [-0.4, -0.2) is 80.3 Å². The Hall–Kier alpha value is -4.58. The molecule has 2 aromatic carbocycles. The first-order valence-electron chi connectivity index (χ1n) is 13.6. The number of benzene rings is 2. The molecule has 3 amide bonds. The van der Waals surface area contributed by atoms with Gasteiger partial charge in [0.1, 0.15) is 17.3 Å². The molecule has 1 fully saturated rings. The maximum atomic E-state index is 13.7. The number of carbonyl (C=O) groups excluding carboxylic acids is 2. The van der Waals surface area contributed by atoms with E-state index in [2.05, 4.69) is 15.2 Å². The van der Waals surface area contributed by atoms with Crippen LogP contribution in [0.4, 0.5) is 33.6 Å². The highest BCUT2D eigenvalue weighted by Gasteiger charge is 2.33. The van der Waals surface area contributed by atoms with Gasteiger partial charge in [-0.05, 0) is 38.1 Å². The van der Waals surface area contributed by atoms with Crippen molar-refractivity contribution in [3.8, 4) is 11.5 Å². The van der Waals surface area contributed by atoms with Crippen LogP contribution in [0.1, 0.15) is 18.1 Å². The maximum absolute atomic E-state index is 13.7. The number of nitrogens with zero attached hydrogens (tertiary/aromatic N) is 6. The quantitative estimate of drug-likeness (QED) is 0.427. The topological polar surface area (TPSA) is 129 Å². The minimum absolute atomic E-state index is 0.0130. The molecule has 0 spiro atoms. The predicted molar refractivity (Wildman–Crippen MR) is 158 cm³/mol. The molecule has 0 radical (unpaired) electrons. The van der Waals surface area contributed by atoms with Gasteiger partial charge in [0.25, 0.3) is 0 Å². The Morgan fingerprint density at radius 3 is 2.44 bits per heavy atom. The highest BCUT2D eigenvalue weighted by atomic mass is 16.5. The first kappa shape index (κ1) is 28.0. The number of piperazine rings is 1. The molecule has 3 heterocycles. The van der Waals surface area contributed by atoms with E-state index in [1.807, 2.05) is 44.2 Å². The van der Waals surface area contributed by atoms with Crippen molar-refractivity contribution in [2.45, 2.75) is 20.4 Å². The Bertz CT molecular complexity index is 1420. The Balaban J connectivity index is 1.32. The number of carbonyl (C=O) groups is 2. The summed E-state index contributed by atoms with van der Waals surface area (Å²) in [4.78, 5) is 42.2. The monoisotopic (exact) mass is 560 g/mol. The minimum atomic E-state index is -0.180. The summed E-state index contributed by atoms with van der Waals surface area (Å²) in [6.45, 7) is 7.48. The smallest absolute Gasteiger partial charge is 0.330 e.